The first-order valence-electron chi connectivity index (χ1n) is 5.95. The van der Waals surface area contributed by atoms with Gasteiger partial charge in [-0.1, -0.05) is 12.1 Å². The molecule has 0 bridgehead atoms. The minimum atomic E-state index is -0.714. The number of hydrogen-bond acceptors (Lipinski definition) is 5. The van der Waals surface area contributed by atoms with Crippen LogP contribution in [-0.2, 0) is 0 Å². The molecule has 0 radical (unpaired) electrons. The fourth-order valence-corrected chi connectivity index (χ4v) is 2.42. The summed E-state index contributed by atoms with van der Waals surface area (Å²) in [5.41, 5.74) is 0.0137. The van der Waals surface area contributed by atoms with Gasteiger partial charge in [-0.15, -0.1) is 0 Å². The second-order valence-electron chi connectivity index (χ2n) is 4.39. The molecule has 0 saturated carbocycles. The summed E-state index contributed by atoms with van der Waals surface area (Å²) in [6, 6.07) is 8.62. The van der Waals surface area contributed by atoms with E-state index in [1.807, 2.05) is 6.07 Å². The van der Waals surface area contributed by atoms with Gasteiger partial charge in [-0.25, -0.2) is 0 Å². The highest BCUT2D eigenvalue weighted by Crippen LogP contribution is 2.33. The summed E-state index contributed by atoms with van der Waals surface area (Å²) in [7, 11) is 0. The molecular formula is C15H11IO5. The van der Waals surface area contributed by atoms with Gasteiger partial charge in [-0.2, -0.15) is 0 Å². The number of Topliss-reactive ketones (excluding diaryl/α,β-unsaturated/α-hetero) is 2. The zero-order valence-corrected chi connectivity index (χ0v) is 12.9. The Morgan fingerprint density at radius 1 is 0.952 bits per heavy atom. The van der Waals surface area contributed by atoms with Crippen molar-refractivity contribution in [3.63, 3.8) is 0 Å². The zero-order chi connectivity index (χ0) is 15.6. The molecule has 0 unspecified atom stereocenters. The summed E-state index contributed by atoms with van der Waals surface area (Å²) in [5.74, 6) is -2.62. The molecule has 0 amide bonds. The van der Waals surface area contributed by atoms with Crippen molar-refractivity contribution in [1.82, 2.24) is 0 Å². The quantitative estimate of drug-likeness (QED) is 0.418. The van der Waals surface area contributed by atoms with Gasteiger partial charge in [0.2, 0.25) is 0 Å². The Labute approximate surface area is 134 Å². The first-order chi connectivity index (χ1) is 9.88. The molecule has 0 fully saturated rings. The summed E-state index contributed by atoms with van der Waals surface area (Å²) in [6.07, 6.45) is -0.480. The predicted molar refractivity (Wildman–Crippen MR) is 83.9 cm³/mol. The fourth-order valence-electron chi connectivity index (χ4n) is 1.88. The topological polar surface area (TPSA) is 94.8 Å². The third kappa shape index (κ3) is 3.52. The third-order valence-corrected chi connectivity index (χ3v) is 3.50. The van der Waals surface area contributed by atoms with Gasteiger partial charge >= 0.3 is 0 Å². The van der Waals surface area contributed by atoms with Crippen LogP contribution < -0.4 is 0 Å². The van der Waals surface area contributed by atoms with Crippen molar-refractivity contribution in [2.75, 3.05) is 0 Å². The minimum Gasteiger partial charge on any atom is -0.508 e. The standard InChI is InChI=1S/C15H11IO5/c16-9-3-1-2-8(4-9)11(18)7-14(21)15-12(19)5-10(17)6-13(15)20/h1-6,17,19-20H,7H2. The van der Waals surface area contributed by atoms with Crippen LogP contribution in [-0.4, -0.2) is 26.9 Å². The lowest BCUT2D eigenvalue weighted by atomic mass is 10.00. The molecule has 0 spiro atoms. The zero-order valence-electron chi connectivity index (χ0n) is 10.7. The SMILES string of the molecule is O=C(CC(=O)c1c(O)cc(O)cc1O)c1cccc(I)c1. The monoisotopic (exact) mass is 398 g/mol. The molecule has 2 rings (SSSR count). The Bertz CT molecular complexity index is 701. The molecular weight excluding hydrogens is 387 g/mol. The van der Waals surface area contributed by atoms with Crippen LogP contribution in [0.3, 0.4) is 0 Å². The van der Waals surface area contributed by atoms with Crippen LogP contribution >= 0.6 is 22.6 Å². The number of aromatic hydroxyl groups is 3. The number of phenols is 3. The number of hydrogen-bond donors (Lipinski definition) is 3. The maximum absolute atomic E-state index is 12.0. The second-order valence-corrected chi connectivity index (χ2v) is 5.64. The average molecular weight is 398 g/mol. The molecule has 108 valence electrons. The van der Waals surface area contributed by atoms with Gasteiger partial charge in [-0.3, -0.25) is 9.59 Å². The lowest BCUT2D eigenvalue weighted by Crippen LogP contribution is -2.09. The summed E-state index contributed by atoms with van der Waals surface area (Å²) < 4.78 is 0.862. The molecule has 0 saturated heterocycles. The number of carbonyl (C=O) groups excluding carboxylic acids is 2. The Hall–Kier alpha value is -2.09. The van der Waals surface area contributed by atoms with E-state index in [1.54, 1.807) is 18.2 Å². The molecule has 2 aromatic rings. The van der Waals surface area contributed by atoms with Crippen molar-refractivity contribution in [3.05, 3.63) is 51.1 Å². The van der Waals surface area contributed by atoms with E-state index in [0.717, 1.165) is 15.7 Å². The van der Waals surface area contributed by atoms with E-state index >= 15 is 0 Å². The first-order valence-corrected chi connectivity index (χ1v) is 7.03. The van der Waals surface area contributed by atoms with Gasteiger partial charge in [0.05, 0.1) is 6.42 Å². The average Bonchev–Trinajstić information content (AvgIpc) is 2.37. The summed E-state index contributed by atoms with van der Waals surface area (Å²) in [6.45, 7) is 0. The lowest BCUT2D eigenvalue weighted by molar-refractivity contribution is 0.0891. The van der Waals surface area contributed by atoms with Gasteiger partial charge in [0.25, 0.3) is 0 Å². The van der Waals surface area contributed by atoms with Crippen LogP contribution in [0.15, 0.2) is 36.4 Å². The molecule has 0 heterocycles. The first kappa shape index (κ1) is 15.3. The van der Waals surface area contributed by atoms with E-state index in [9.17, 15) is 24.9 Å². The molecule has 3 N–H and O–H groups in total. The van der Waals surface area contributed by atoms with Gasteiger partial charge in [-0.05, 0) is 34.7 Å². The highest BCUT2D eigenvalue weighted by Gasteiger charge is 2.21. The summed E-state index contributed by atoms with van der Waals surface area (Å²) in [4.78, 5) is 24.1. The Kier molecular flexibility index (Phi) is 4.46. The molecule has 0 aliphatic carbocycles. The van der Waals surface area contributed by atoms with E-state index in [0.29, 0.717) is 5.56 Å². The van der Waals surface area contributed by atoms with E-state index in [2.05, 4.69) is 22.6 Å². The van der Waals surface area contributed by atoms with Crippen LogP contribution in [0, 0.1) is 3.57 Å². The van der Waals surface area contributed by atoms with E-state index in [-0.39, 0.29) is 11.3 Å². The van der Waals surface area contributed by atoms with Crippen LogP contribution in [0.1, 0.15) is 27.1 Å². The normalized spacial score (nSPS) is 10.3. The van der Waals surface area contributed by atoms with Crippen LogP contribution in [0.2, 0.25) is 0 Å². The molecule has 6 heteroatoms. The van der Waals surface area contributed by atoms with Crippen molar-refractivity contribution >= 4 is 34.2 Å². The molecule has 0 aliphatic heterocycles. The molecule has 21 heavy (non-hydrogen) atoms. The Balaban J connectivity index is 2.25. The summed E-state index contributed by atoms with van der Waals surface area (Å²) >= 11 is 2.05. The van der Waals surface area contributed by atoms with Crippen LogP contribution in [0.25, 0.3) is 0 Å². The number of benzene rings is 2. The lowest BCUT2D eigenvalue weighted by Gasteiger charge is -2.07. The molecule has 2 aromatic carbocycles. The highest BCUT2D eigenvalue weighted by molar-refractivity contribution is 14.1. The smallest absolute Gasteiger partial charge is 0.178 e. The largest absolute Gasteiger partial charge is 0.508 e. The maximum atomic E-state index is 12.0. The minimum absolute atomic E-state index is 0.369. The highest BCUT2D eigenvalue weighted by atomic mass is 127. The maximum Gasteiger partial charge on any atom is 0.178 e. The Morgan fingerprint density at radius 3 is 2.14 bits per heavy atom. The number of phenolic OH excluding ortho intramolecular Hbond substituents is 3. The number of carbonyl (C=O) groups is 2. The van der Waals surface area contributed by atoms with Gasteiger partial charge in [0.1, 0.15) is 22.8 Å². The number of halogens is 1. The predicted octanol–water partition coefficient (Wildman–Crippen LogP) is 2.86. The van der Waals surface area contributed by atoms with Gasteiger partial charge in [0.15, 0.2) is 11.6 Å². The number of ketones is 2. The van der Waals surface area contributed by atoms with E-state index in [1.165, 1.54) is 0 Å². The second kappa shape index (κ2) is 6.13. The summed E-state index contributed by atoms with van der Waals surface area (Å²) in [5, 5.41) is 28.4. The van der Waals surface area contributed by atoms with Crippen LogP contribution in [0.4, 0.5) is 0 Å². The van der Waals surface area contributed by atoms with Crippen molar-refractivity contribution in [2.24, 2.45) is 0 Å². The molecule has 0 aromatic heterocycles. The molecule has 0 atom stereocenters. The fraction of sp³-hybridized carbons (Fsp3) is 0.0667. The van der Waals surface area contributed by atoms with Crippen molar-refractivity contribution in [1.29, 1.82) is 0 Å². The van der Waals surface area contributed by atoms with E-state index < -0.39 is 29.5 Å². The van der Waals surface area contributed by atoms with Gasteiger partial charge in [0, 0.05) is 21.3 Å². The van der Waals surface area contributed by atoms with Crippen molar-refractivity contribution < 1.29 is 24.9 Å². The van der Waals surface area contributed by atoms with E-state index in [4.69, 9.17) is 0 Å². The van der Waals surface area contributed by atoms with Crippen molar-refractivity contribution in [3.8, 4) is 17.2 Å². The molecule has 0 aliphatic rings. The third-order valence-electron chi connectivity index (χ3n) is 2.83. The Morgan fingerprint density at radius 2 is 1.57 bits per heavy atom. The van der Waals surface area contributed by atoms with Crippen molar-refractivity contribution in [2.45, 2.75) is 6.42 Å². The van der Waals surface area contributed by atoms with Gasteiger partial charge < -0.3 is 15.3 Å². The molecule has 5 nitrogen and oxygen atoms in total. The van der Waals surface area contributed by atoms with Crippen LogP contribution in [0.5, 0.6) is 17.2 Å². The number of rotatable bonds is 4.